The maximum Gasteiger partial charge on any atom is 0.283 e. The first-order chi connectivity index (χ1) is 13.0. The molecule has 1 amide bonds. The van der Waals surface area contributed by atoms with E-state index in [0.29, 0.717) is 23.0 Å². The number of nitrogens with zero attached hydrogens (tertiary/aromatic N) is 3. The van der Waals surface area contributed by atoms with Crippen LogP contribution in [0.5, 0.6) is 0 Å². The molecule has 3 aromatic rings. The monoisotopic (exact) mass is 399 g/mol. The molecule has 2 unspecified atom stereocenters. The largest absolute Gasteiger partial charge is 0.391 e. The van der Waals surface area contributed by atoms with Gasteiger partial charge in [0.1, 0.15) is 0 Å². The highest BCUT2D eigenvalue weighted by atomic mass is 35.5. The van der Waals surface area contributed by atoms with Gasteiger partial charge in [-0.25, -0.2) is 4.98 Å². The minimum atomic E-state index is -0.550. The summed E-state index contributed by atoms with van der Waals surface area (Å²) in [4.78, 5) is 23.2. The van der Waals surface area contributed by atoms with E-state index < -0.39 is 6.10 Å². The summed E-state index contributed by atoms with van der Waals surface area (Å²) in [6.45, 7) is 2.31. The van der Waals surface area contributed by atoms with Crippen LogP contribution in [0.1, 0.15) is 33.4 Å². The van der Waals surface area contributed by atoms with Crippen molar-refractivity contribution in [1.29, 1.82) is 0 Å². The molecule has 0 spiro atoms. The minimum Gasteiger partial charge on any atom is -0.391 e. The van der Waals surface area contributed by atoms with E-state index in [9.17, 15) is 9.90 Å². The standard InChI is InChI=1S/C20H18ClN3O2S/c1-12-7-17(13-3-2-4-14(21)8-13)23-10-16(12)18-9-15(25)11-24(18)20(26)19-22-5-6-27-19/h2-8,10,15,18,25H,9,11H2,1H3. The van der Waals surface area contributed by atoms with E-state index in [1.807, 2.05) is 37.3 Å². The minimum absolute atomic E-state index is 0.148. The molecule has 3 heterocycles. The summed E-state index contributed by atoms with van der Waals surface area (Å²) in [5.74, 6) is -0.148. The Morgan fingerprint density at radius 1 is 1.33 bits per heavy atom. The van der Waals surface area contributed by atoms with Crippen LogP contribution in [-0.4, -0.2) is 38.5 Å². The van der Waals surface area contributed by atoms with Crippen LogP contribution in [-0.2, 0) is 0 Å². The van der Waals surface area contributed by atoms with Gasteiger partial charge < -0.3 is 10.0 Å². The number of hydrogen-bond acceptors (Lipinski definition) is 5. The van der Waals surface area contributed by atoms with Crippen LogP contribution >= 0.6 is 22.9 Å². The molecule has 0 saturated carbocycles. The second kappa shape index (κ2) is 7.38. The van der Waals surface area contributed by atoms with E-state index in [-0.39, 0.29) is 11.9 Å². The molecule has 7 heteroatoms. The lowest BCUT2D eigenvalue weighted by molar-refractivity contribution is 0.0715. The van der Waals surface area contributed by atoms with Gasteiger partial charge in [0, 0.05) is 34.9 Å². The highest BCUT2D eigenvalue weighted by molar-refractivity contribution is 7.11. The lowest BCUT2D eigenvalue weighted by atomic mass is 9.99. The smallest absolute Gasteiger partial charge is 0.283 e. The lowest BCUT2D eigenvalue weighted by Crippen LogP contribution is -2.32. The highest BCUT2D eigenvalue weighted by Gasteiger charge is 2.37. The van der Waals surface area contributed by atoms with Gasteiger partial charge in [-0.15, -0.1) is 11.3 Å². The summed E-state index contributed by atoms with van der Waals surface area (Å²) in [6.07, 6.45) is 3.37. The van der Waals surface area contributed by atoms with Gasteiger partial charge >= 0.3 is 0 Å². The van der Waals surface area contributed by atoms with Gasteiger partial charge in [-0.3, -0.25) is 9.78 Å². The zero-order chi connectivity index (χ0) is 19.0. The molecule has 2 aromatic heterocycles. The van der Waals surface area contributed by atoms with Gasteiger partial charge in [0.15, 0.2) is 5.01 Å². The van der Waals surface area contributed by atoms with Crippen LogP contribution in [0.3, 0.4) is 0 Å². The molecule has 1 aliphatic heterocycles. The number of pyridine rings is 1. The number of hydrogen-bond donors (Lipinski definition) is 1. The molecule has 5 nitrogen and oxygen atoms in total. The number of likely N-dealkylation sites (tertiary alicyclic amines) is 1. The van der Waals surface area contributed by atoms with Crippen molar-refractivity contribution in [3.05, 3.63) is 69.3 Å². The molecule has 4 rings (SSSR count). The zero-order valence-electron chi connectivity index (χ0n) is 14.7. The van der Waals surface area contributed by atoms with Crippen LogP contribution in [0.25, 0.3) is 11.3 Å². The van der Waals surface area contributed by atoms with E-state index in [0.717, 1.165) is 22.4 Å². The van der Waals surface area contributed by atoms with Crippen molar-refractivity contribution in [1.82, 2.24) is 14.9 Å². The summed E-state index contributed by atoms with van der Waals surface area (Å²) in [7, 11) is 0. The molecule has 0 aliphatic carbocycles. The van der Waals surface area contributed by atoms with Crippen LogP contribution in [0.2, 0.25) is 5.02 Å². The summed E-state index contributed by atoms with van der Waals surface area (Å²) in [6, 6.07) is 9.35. The molecular formula is C20H18ClN3O2S. The Morgan fingerprint density at radius 3 is 2.89 bits per heavy atom. The lowest BCUT2D eigenvalue weighted by Gasteiger charge is -2.25. The molecular weight excluding hydrogens is 382 g/mol. The average molecular weight is 400 g/mol. The number of halogens is 1. The Morgan fingerprint density at radius 2 is 2.19 bits per heavy atom. The Labute approximate surface area is 166 Å². The highest BCUT2D eigenvalue weighted by Crippen LogP contribution is 2.36. The molecule has 138 valence electrons. The van der Waals surface area contributed by atoms with Crippen molar-refractivity contribution in [2.24, 2.45) is 0 Å². The van der Waals surface area contributed by atoms with Crippen molar-refractivity contribution in [2.75, 3.05) is 6.54 Å². The van der Waals surface area contributed by atoms with Crippen LogP contribution in [0, 0.1) is 6.92 Å². The van der Waals surface area contributed by atoms with Gasteiger partial charge in [-0.1, -0.05) is 23.7 Å². The van der Waals surface area contributed by atoms with Crippen LogP contribution < -0.4 is 0 Å². The third kappa shape index (κ3) is 3.60. The molecule has 0 bridgehead atoms. The topological polar surface area (TPSA) is 66.3 Å². The van der Waals surface area contributed by atoms with E-state index >= 15 is 0 Å². The fraction of sp³-hybridized carbons (Fsp3) is 0.250. The maximum absolute atomic E-state index is 12.8. The Balaban J connectivity index is 1.66. The van der Waals surface area contributed by atoms with Crippen molar-refractivity contribution in [2.45, 2.75) is 25.5 Å². The van der Waals surface area contributed by atoms with E-state index in [1.165, 1.54) is 11.3 Å². The van der Waals surface area contributed by atoms with Gasteiger partial charge in [0.05, 0.1) is 17.8 Å². The average Bonchev–Trinajstić information content (AvgIpc) is 3.31. The second-order valence-electron chi connectivity index (χ2n) is 6.64. The molecule has 2 atom stereocenters. The third-order valence-electron chi connectivity index (χ3n) is 4.79. The molecule has 0 radical (unpaired) electrons. The number of carbonyl (C=O) groups excluding carboxylic acids is 1. The number of aliphatic hydroxyl groups is 1. The number of β-amino-alcohol motifs (C(OH)–C–C–N with tert-alkyl or cyclic N) is 1. The summed E-state index contributed by atoms with van der Waals surface area (Å²) < 4.78 is 0. The second-order valence-corrected chi connectivity index (χ2v) is 7.97. The number of rotatable bonds is 3. The van der Waals surface area contributed by atoms with Crippen molar-refractivity contribution >= 4 is 28.8 Å². The number of aliphatic hydroxyl groups excluding tert-OH is 1. The number of amides is 1. The molecule has 27 heavy (non-hydrogen) atoms. The fourth-order valence-corrected chi connectivity index (χ4v) is 4.29. The SMILES string of the molecule is Cc1cc(-c2cccc(Cl)c2)ncc1C1CC(O)CN1C(=O)c1nccs1. The summed E-state index contributed by atoms with van der Waals surface area (Å²) >= 11 is 7.39. The molecule has 1 N–H and O–H groups in total. The summed E-state index contributed by atoms with van der Waals surface area (Å²) in [5, 5.41) is 13.1. The van der Waals surface area contributed by atoms with Crippen molar-refractivity contribution < 1.29 is 9.90 Å². The predicted molar refractivity (Wildman–Crippen MR) is 106 cm³/mol. The normalized spacial score (nSPS) is 19.4. The number of aromatic nitrogens is 2. The first-order valence-electron chi connectivity index (χ1n) is 8.64. The van der Waals surface area contributed by atoms with Gasteiger partial charge in [-0.2, -0.15) is 0 Å². The molecule has 1 aromatic carbocycles. The molecule has 1 saturated heterocycles. The Hall–Kier alpha value is -2.28. The van der Waals surface area contributed by atoms with E-state index in [1.54, 1.807) is 22.7 Å². The van der Waals surface area contributed by atoms with Crippen molar-refractivity contribution in [3.8, 4) is 11.3 Å². The van der Waals surface area contributed by atoms with Gasteiger partial charge in [-0.05, 0) is 42.7 Å². The molecule has 1 fully saturated rings. The third-order valence-corrected chi connectivity index (χ3v) is 5.78. The van der Waals surface area contributed by atoms with Crippen LogP contribution in [0.15, 0.2) is 48.1 Å². The zero-order valence-corrected chi connectivity index (χ0v) is 16.2. The fourth-order valence-electron chi connectivity index (χ4n) is 3.51. The van der Waals surface area contributed by atoms with Gasteiger partial charge in [0.2, 0.25) is 0 Å². The summed E-state index contributed by atoms with van der Waals surface area (Å²) in [5.41, 5.74) is 3.74. The Bertz CT molecular complexity index is 977. The molecule has 1 aliphatic rings. The van der Waals surface area contributed by atoms with Crippen LogP contribution in [0.4, 0.5) is 0 Å². The Kier molecular flexibility index (Phi) is 4.95. The van der Waals surface area contributed by atoms with Gasteiger partial charge in [0.25, 0.3) is 5.91 Å². The van der Waals surface area contributed by atoms with E-state index in [4.69, 9.17) is 11.6 Å². The van der Waals surface area contributed by atoms with Crippen molar-refractivity contribution in [3.63, 3.8) is 0 Å². The quantitative estimate of drug-likeness (QED) is 0.719. The maximum atomic E-state index is 12.8. The first-order valence-corrected chi connectivity index (χ1v) is 9.89. The number of benzene rings is 1. The number of carbonyl (C=O) groups is 1. The number of aryl methyl sites for hydroxylation is 1. The first kappa shape index (κ1) is 18.1. The number of thiazole rings is 1. The predicted octanol–water partition coefficient (Wildman–Crippen LogP) is 4.12. The van der Waals surface area contributed by atoms with E-state index in [2.05, 4.69) is 9.97 Å².